The molecule has 224 valence electrons. The van der Waals surface area contributed by atoms with Gasteiger partial charge in [-0.3, -0.25) is 9.79 Å². The minimum Gasteiger partial charge on any atom is -0.511 e. The molecule has 0 heterocycles. The summed E-state index contributed by atoms with van der Waals surface area (Å²) in [6, 6.07) is 15.8. The molecule has 1 atom stereocenters. The normalized spacial score (nSPS) is 18.0. The molecule has 42 heavy (non-hydrogen) atoms. The number of rotatable bonds is 12. The van der Waals surface area contributed by atoms with Gasteiger partial charge in [0.1, 0.15) is 12.4 Å². The van der Waals surface area contributed by atoms with E-state index in [0.29, 0.717) is 19.4 Å². The van der Waals surface area contributed by atoms with Gasteiger partial charge in [-0.2, -0.15) is 0 Å². The molecule has 2 aromatic rings. The maximum Gasteiger partial charge on any atom is 0.345 e. The first-order chi connectivity index (χ1) is 19.9. The van der Waals surface area contributed by atoms with Crippen LogP contribution in [0.2, 0.25) is 0 Å². The number of aliphatic carboxylic acids is 1. The number of allylic oxidation sites excluding steroid dienone is 2. The van der Waals surface area contributed by atoms with Crippen molar-refractivity contribution in [3.63, 3.8) is 0 Å². The van der Waals surface area contributed by atoms with E-state index in [0.717, 1.165) is 22.3 Å². The van der Waals surface area contributed by atoms with Gasteiger partial charge in [-0.15, -0.1) is 0 Å². The second-order valence-electron chi connectivity index (χ2n) is 12.7. The van der Waals surface area contributed by atoms with Crippen molar-refractivity contribution >= 4 is 23.4 Å². The molecule has 0 saturated carbocycles. The lowest BCUT2D eigenvalue weighted by atomic mass is 9.74. The number of ketones is 1. The van der Waals surface area contributed by atoms with E-state index in [-0.39, 0.29) is 67.0 Å². The second kappa shape index (κ2) is 12.6. The van der Waals surface area contributed by atoms with Crippen molar-refractivity contribution in [1.29, 1.82) is 0 Å². The van der Waals surface area contributed by atoms with Crippen molar-refractivity contribution in [2.45, 2.75) is 77.7 Å². The number of hydrogen-bond acceptors (Lipinski definition) is 7. The van der Waals surface area contributed by atoms with Crippen LogP contribution in [0.25, 0.3) is 11.1 Å². The van der Waals surface area contributed by atoms with Crippen LogP contribution in [0, 0.1) is 11.3 Å². The molecule has 4 rings (SSSR count). The fourth-order valence-electron chi connectivity index (χ4n) is 6.12. The third-order valence-corrected chi connectivity index (χ3v) is 8.10. The minimum atomic E-state index is -2.29. The minimum absolute atomic E-state index is 0.0233. The molecule has 8 nitrogen and oxygen atoms in total. The first-order valence-electron chi connectivity index (χ1n) is 14.7. The first-order valence-corrected chi connectivity index (χ1v) is 14.7. The topological polar surface area (TPSA) is 139 Å². The molecule has 0 fully saturated rings. The zero-order valence-electron chi connectivity index (χ0n) is 25.0. The number of benzene rings is 2. The summed E-state index contributed by atoms with van der Waals surface area (Å²) in [4.78, 5) is 44.8. The molecule has 0 amide bonds. The van der Waals surface area contributed by atoms with Crippen LogP contribution in [0.3, 0.4) is 0 Å². The molecule has 2 aromatic carbocycles. The van der Waals surface area contributed by atoms with Crippen molar-refractivity contribution in [1.82, 2.24) is 0 Å². The Labute approximate surface area is 247 Å². The summed E-state index contributed by atoms with van der Waals surface area (Å²) >= 11 is 0. The highest BCUT2D eigenvalue weighted by atomic mass is 16.5. The number of esters is 1. The SMILES string of the molecule is CC(C)CC(=N[C@@](CCCCN)(C(=O)O)C(=O)OCC1c2ccccc2-c2ccccc21)C1=C(O)CC(C)(C)CC1=O. The van der Waals surface area contributed by atoms with E-state index in [4.69, 9.17) is 10.5 Å². The van der Waals surface area contributed by atoms with Gasteiger partial charge in [0, 0.05) is 18.8 Å². The van der Waals surface area contributed by atoms with Crippen molar-refractivity contribution in [3.05, 3.63) is 71.0 Å². The molecule has 8 heteroatoms. The lowest BCUT2D eigenvalue weighted by Crippen LogP contribution is -2.48. The number of aliphatic imine (C=N–C) groups is 1. The fraction of sp³-hybridized carbons (Fsp3) is 0.471. The van der Waals surface area contributed by atoms with E-state index in [9.17, 15) is 24.6 Å². The maximum atomic E-state index is 13.9. The Balaban J connectivity index is 1.75. The van der Waals surface area contributed by atoms with Crippen LogP contribution in [0.1, 0.15) is 83.3 Å². The lowest BCUT2D eigenvalue weighted by Gasteiger charge is -2.31. The van der Waals surface area contributed by atoms with Gasteiger partial charge in [-0.25, -0.2) is 9.59 Å². The number of carbonyl (C=O) groups is 3. The Morgan fingerprint density at radius 3 is 2.17 bits per heavy atom. The van der Waals surface area contributed by atoms with E-state index in [2.05, 4.69) is 4.99 Å². The van der Waals surface area contributed by atoms with Crippen LogP contribution in [-0.4, -0.2) is 52.3 Å². The Morgan fingerprint density at radius 1 is 1.05 bits per heavy atom. The smallest absolute Gasteiger partial charge is 0.345 e. The number of aliphatic hydroxyl groups is 1. The standard InChI is InChI=1S/C34H42N2O6/c1-21(2)17-27(30-28(37)18-33(3,4)19-29(30)38)36-34(31(39)40,15-9-10-16-35)32(41)42-20-26-24-13-7-5-11-22(24)23-12-6-8-14-25(23)26/h5-8,11-14,21,26,37H,9-10,15-20,35H2,1-4H3,(H,39,40)/t34-/m0/s1. The largest absolute Gasteiger partial charge is 0.511 e. The molecule has 0 saturated heterocycles. The highest BCUT2D eigenvalue weighted by molar-refractivity contribution is 6.24. The summed E-state index contributed by atoms with van der Waals surface area (Å²) in [7, 11) is 0. The Morgan fingerprint density at radius 2 is 1.64 bits per heavy atom. The van der Waals surface area contributed by atoms with Crippen molar-refractivity contribution < 1.29 is 29.3 Å². The van der Waals surface area contributed by atoms with Gasteiger partial charge in [-0.05, 0) is 65.8 Å². The molecule has 2 aliphatic carbocycles. The number of unbranched alkanes of at least 4 members (excludes halogenated alkanes) is 1. The predicted molar refractivity (Wildman–Crippen MR) is 163 cm³/mol. The van der Waals surface area contributed by atoms with Crippen LogP contribution in [0.4, 0.5) is 0 Å². The molecule has 0 aliphatic heterocycles. The molecule has 0 bridgehead atoms. The third kappa shape index (κ3) is 6.33. The van der Waals surface area contributed by atoms with Crippen molar-refractivity contribution in [2.75, 3.05) is 13.2 Å². The Hall–Kier alpha value is -3.78. The molecule has 4 N–H and O–H groups in total. The monoisotopic (exact) mass is 574 g/mol. The fourth-order valence-corrected chi connectivity index (χ4v) is 6.12. The molecular formula is C34H42N2O6. The van der Waals surface area contributed by atoms with Crippen LogP contribution in [0.15, 0.2) is 64.9 Å². The number of nitrogens with zero attached hydrogens (tertiary/aromatic N) is 1. The number of ether oxygens (including phenoxy) is 1. The number of carbonyl (C=O) groups excluding carboxylic acids is 2. The van der Waals surface area contributed by atoms with E-state index < -0.39 is 22.9 Å². The van der Waals surface area contributed by atoms with Gasteiger partial charge in [-0.1, -0.05) is 76.2 Å². The molecular weight excluding hydrogens is 532 g/mol. The van der Waals surface area contributed by atoms with E-state index in [1.165, 1.54) is 0 Å². The number of Topliss-reactive ketones (excluding diaryl/α,β-unsaturated/α-hetero) is 1. The van der Waals surface area contributed by atoms with Gasteiger partial charge in [0.2, 0.25) is 0 Å². The number of hydrogen-bond donors (Lipinski definition) is 3. The lowest BCUT2D eigenvalue weighted by molar-refractivity contribution is -0.161. The number of fused-ring (bicyclic) bond motifs is 3. The summed E-state index contributed by atoms with van der Waals surface area (Å²) in [5.74, 6) is -3.16. The van der Waals surface area contributed by atoms with E-state index >= 15 is 0 Å². The zero-order valence-corrected chi connectivity index (χ0v) is 25.0. The molecule has 2 aliphatic rings. The van der Waals surface area contributed by atoms with Crippen LogP contribution < -0.4 is 5.73 Å². The zero-order chi connectivity index (χ0) is 30.7. The summed E-state index contributed by atoms with van der Waals surface area (Å²) in [5.41, 5.74) is 7.25. The summed E-state index contributed by atoms with van der Waals surface area (Å²) in [6.07, 6.45) is 1.31. The van der Waals surface area contributed by atoms with Gasteiger partial charge < -0.3 is 20.7 Å². The number of aliphatic hydroxyl groups excluding tert-OH is 1. The van der Waals surface area contributed by atoms with E-state index in [1.54, 1.807) is 0 Å². The highest BCUT2D eigenvalue weighted by Gasteiger charge is 2.49. The van der Waals surface area contributed by atoms with Gasteiger partial charge >= 0.3 is 11.9 Å². The third-order valence-electron chi connectivity index (χ3n) is 8.10. The molecule has 0 aromatic heterocycles. The second-order valence-corrected chi connectivity index (χ2v) is 12.7. The van der Waals surface area contributed by atoms with Gasteiger partial charge in [0.15, 0.2) is 5.78 Å². The van der Waals surface area contributed by atoms with Crippen LogP contribution in [0.5, 0.6) is 0 Å². The van der Waals surface area contributed by atoms with Crippen LogP contribution in [-0.2, 0) is 19.1 Å². The summed E-state index contributed by atoms with van der Waals surface area (Å²) < 4.78 is 5.86. The molecule has 0 unspecified atom stereocenters. The number of carboxylic acids is 1. The first kappa shape index (κ1) is 31.2. The quantitative estimate of drug-likeness (QED) is 0.123. The van der Waals surface area contributed by atoms with Crippen molar-refractivity contribution in [3.8, 4) is 11.1 Å². The maximum absolute atomic E-state index is 13.9. The van der Waals surface area contributed by atoms with E-state index in [1.807, 2.05) is 76.2 Å². The molecule has 0 spiro atoms. The predicted octanol–water partition coefficient (Wildman–Crippen LogP) is 5.98. The Bertz CT molecular complexity index is 1380. The molecule has 0 radical (unpaired) electrons. The summed E-state index contributed by atoms with van der Waals surface area (Å²) in [6.45, 7) is 7.87. The summed E-state index contributed by atoms with van der Waals surface area (Å²) in [5, 5.41) is 21.6. The number of carboxylic acid groups (broad SMARTS) is 1. The van der Waals surface area contributed by atoms with Gasteiger partial charge in [0.05, 0.1) is 11.3 Å². The Kier molecular flexibility index (Phi) is 9.36. The van der Waals surface area contributed by atoms with Gasteiger partial charge in [0.25, 0.3) is 5.54 Å². The average Bonchev–Trinajstić information content (AvgIpc) is 3.23. The van der Waals surface area contributed by atoms with Crippen molar-refractivity contribution in [2.24, 2.45) is 22.1 Å². The highest BCUT2D eigenvalue weighted by Crippen LogP contribution is 2.45. The number of nitrogens with two attached hydrogens (primary N) is 1. The van der Waals surface area contributed by atoms with Crippen LogP contribution >= 0.6 is 0 Å². The average molecular weight is 575 g/mol.